The van der Waals surface area contributed by atoms with Gasteiger partial charge in [-0.3, -0.25) is 10.1 Å². The summed E-state index contributed by atoms with van der Waals surface area (Å²) in [5.41, 5.74) is -0.303. The number of nitro groups is 1. The van der Waals surface area contributed by atoms with Crippen molar-refractivity contribution in [1.82, 2.24) is 9.71 Å². The zero-order valence-electron chi connectivity index (χ0n) is 14.5. The maximum absolute atomic E-state index is 12.7. The van der Waals surface area contributed by atoms with Gasteiger partial charge in [0.2, 0.25) is 15.9 Å². The molecule has 0 unspecified atom stereocenters. The van der Waals surface area contributed by atoms with Gasteiger partial charge in [-0.05, 0) is 12.8 Å². The minimum atomic E-state index is -3.89. The lowest BCUT2D eigenvalue weighted by atomic mass is 9.94. The number of hydrogen-bond donors (Lipinski definition) is 1. The molecule has 12 heteroatoms. The van der Waals surface area contributed by atoms with Gasteiger partial charge in [-0.25, -0.2) is 18.1 Å². The molecule has 1 heterocycles. The number of nitrogens with zero attached hydrogens (tertiary/aromatic N) is 2. The third-order valence-electron chi connectivity index (χ3n) is 4.12. The average Bonchev–Trinajstić information content (AvgIpc) is 2.61. The summed E-state index contributed by atoms with van der Waals surface area (Å²) >= 11 is 12.0. The molecule has 1 aromatic carbocycles. The van der Waals surface area contributed by atoms with Crippen LogP contribution in [0.5, 0.6) is 17.4 Å². The summed E-state index contributed by atoms with van der Waals surface area (Å²) < 4.78 is 38.5. The second-order valence-electron chi connectivity index (χ2n) is 6.03. The largest absolute Gasteiger partial charge is 0.480 e. The molecule has 1 fully saturated rings. The number of pyridine rings is 1. The first kappa shape index (κ1) is 20.6. The maximum Gasteiger partial charge on any atom is 0.272 e. The number of non-ortho nitro benzene ring substituents is 1. The Labute approximate surface area is 170 Å². The zero-order chi connectivity index (χ0) is 20.5. The lowest BCUT2D eigenvalue weighted by Gasteiger charge is -2.26. The van der Waals surface area contributed by atoms with Gasteiger partial charge in [-0.1, -0.05) is 29.6 Å². The van der Waals surface area contributed by atoms with Gasteiger partial charge in [0, 0.05) is 24.2 Å². The number of benzene rings is 1. The summed E-state index contributed by atoms with van der Waals surface area (Å²) in [6.45, 7) is 0. The third-order valence-corrected chi connectivity index (χ3v) is 6.19. The Balaban J connectivity index is 1.95. The van der Waals surface area contributed by atoms with Crippen molar-refractivity contribution in [3.05, 3.63) is 44.6 Å². The fraction of sp³-hybridized carbons (Fsp3) is 0.312. The van der Waals surface area contributed by atoms with E-state index in [0.29, 0.717) is 0 Å². The molecule has 9 nitrogen and oxygen atoms in total. The molecule has 1 saturated carbocycles. The Bertz CT molecular complexity index is 1000. The molecule has 0 radical (unpaired) electrons. The van der Waals surface area contributed by atoms with Crippen molar-refractivity contribution in [2.24, 2.45) is 0 Å². The Hall–Kier alpha value is -2.14. The molecule has 28 heavy (non-hydrogen) atoms. The number of aromatic nitrogens is 1. The molecule has 2 aromatic rings. The van der Waals surface area contributed by atoms with E-state index in [-0.39, 0.29) is 44.0 Å². The van der Waals surface area contributed by atoms with Crippen molar-refractivity contribution in [2.45, 2.75) is 30.2 Å². The second-order valence-corrected chi connectivity index (χ2v) is 8.52. The molecule has 0 bridgehead atoms. The number of rotatable bonds is 7. The molecule has 1 aromatic heterocycles. The third kappa shape index (κ3) is 4.30. The van der Waals surface area contributed by atoms with Crippen LogP contribution in [0.15, 0.2) is 29.3 Å². The van der Waals surface area contributed by atoms with Gasteiger partial charge in [0.15, 0.2) is 5.75 Å². The molecule has 0 atom stereocenters. The summed E-state index contributed by atoms with van der Waals surface area (Å²) in [7, 11) is -2.59. The minimum absolute atomic E-state index is 0.0208. The number of ether oxygens (including phenoxy) is 2. The number of nitro benzene ring substituents is 1. The van der Waals surface area contributed by atoms with Gasteiger partial charge >= 0.3 is 0 Å². The Morgan fingerprint density at radius 1 is 1.25 bits per heavy atom. The highest BCUT2D eigenvalue weighted by atomic mass is 35.5. The lowest BCUT2D eigenvalue weighted by molar-refractivity contribution is -0.384. The molecule has 150 valence electrons. The fourth-order valence-electron chi connectivity index (χ4n) is 2.49. The average molecular weight is 448 g/mol. The van der Waals surface area contributed by atoms with Crippen molar-refractivity contribution in [3.8, 4) is 17.4 Å². The number of methoxy groups -OCH3 is 1. The lowest BCUT2D eigenvalue weighted by Crippen LogP contribution is -2.39. The van der Waals surface area contributed by atoms with Crippen LogP contribution in [0.4, 0.5) is 5.69 Å². The molecule has 1 aliphatic carbocycles. The quantitative estimate of drug-likeness (QED) is 0.503. The monoisotopic (exact) mass is 447 g/mol. The van der Waals surface area contributed by atoms with E-state index in [4.69, 9.17) is 32.7 Å². The van der Waals surface area contributed by atoms with E-state index in [1.807, 2.05) is 0 Å². The Morgan fingerprint density at radius 2 is 1.89 bits per heavy atom. The van der Waals surface area contributed by atoms with E-state index in [0.717, 1.165) is 31.4 Å². The standard InChI is InChI=1S/C16H15Cl2N3O6S/c1-26-16-14(28(24,25)20-9-3-2-4-9)7-11(8-19-16)27-15-12(17)5-10(21(22)23)6-13(15)18/h5-9,20H,2-4H2,1H3. The normalized spacial score (nSPS) is 14.4. The van der Waals surface area contributed by atoms with E-state index in [1.54, 1.807) is 0 Å². The van der Waals surface area contributed by atoms with Crippen molar-refractivity contribution >= 4 is 38.9 Å². The molecule has 0 spiro atoms. The Kier molecular flexibility index (Phi) is 5.94. The first-order valence-electron chi connectivity index (χ1n) is 8.09. The highest BCUT2D eigenvalue weighted by molar-refractivity contribution is 7.89. The van der Waals surface area contributed by atoms with Gasteiger partial charge in [-0.15, -0.1) is 0 Å². The van der Waals surface area contributed by atoms with Crippen LogP contribution in [0.3, 0.4) is 0 Å². The van der Waals surface area contributed by atoms with Gasteiger partial charge in [-0.2, -0.15) is 0 Å². The molecule has 0 aliphatic heterocycles. The van der Waals surface area contributed by atoms with Crippen LogP contribution < -0.4 is 14.2 Å². The SMILES string of the molecule is COc1ncc(Oc2c(Cl)cc([N+](=O)[O-])cc2Cl)cc1S(=O)(=O)NC1CCC1. The van der Waals surface area contributed by atoms with Crippen molar-refractivity contribution in [2.75, 3.05) is 7.11 Å². The fourth-order valence-corrected chi connectivity index (χ4v) is 4.48. The first-order valence-corrected chi connectivity index (χ1v) is 10.3. The van der Waals surface area contributed by atoms with E-state index >= 15 is 0 Å². The number of nitrogens with one attached hydrogen (secondary N) is 1. The number of sulfonamides is 1. The maximum atomic E-state index is 12.7. The summed E-state index contributed by atoms with van der Waals surface area (Å²) in [5.74, 6) is -0.135. The molecule has 0 saturated heterocycles. The molecule has 3 rings (SSSR count). The predicted octanol–water partition coefficient (Wildman–Crippen LogP) is 3.93. The van der Waals surface area contributed by atoms with Gasteiger partial charge < -0.3 is 9.47 Å². The number of hydrogen-bond acceptors (Lipinski definition) is 7. The molecular weight excluding hydrogens is 433 g/mol. The molecule has 1 aliphatic rings. The Morgan fingerprint density at radius 3 is 2.39 bits per heavy atom. The van der Waals surface area contributed by atoms with Crippen LogP contribution in [0, 0.1) is 10.1 Å². The van der Waals surface area contributed by atoms with Crippen molar-refractivity contribution in [3.63, 3.8) is 0 Å². The molecule has 1 N–H and O–H groups in total. The van der Waals surface area contributed by atoms with E-state index in [2.05, 4.69) is 9.71 Å². The van der Waals surface area contributed by atoms with E-state index in [1.165, 1.54) is 19.4 Å². The van der Waals surface area contributed by atoms with Crippen LogP contribution in [0.25, 0.3) is 0 Å². The zero-order valence-corrected chi connectivity index (χ0v) is 16.8. The van der Waals surface area contributed by atoms with Crippen molar-refractivity contribution < 1.29 is 22.8 Å². The van der Waals surface area contributed by atoms with Gasteiger partial charge in [0.25, 0.3) is 5.69 Å². The van der Waals surface area contributed by atoms with Crippen LogP contribution in [0.2, 0.25) is 10.0 Å². The molecular formula is C16H15Cl2N3O6S. The van der Waals surface area contributed by atoms with Crippen LogP contribution in [0.1, 0.15) is 19.3 Å². The first-order chi connectivity index (χ1) is 13.2. The smallest absolute Gasteiger partial charge is 0.272 e. The van der Waals surface area contributed by atoms with E-state index in [9.17, 15) is 18.5 Å². The topological polar surface area (TPSA) is 121 Å². The highest BCUT2D eigenvalue weighted by Crippen LogP contribution is 2.40. The van der Waals surface area contributed by atoms with E-state index < -0.39 is 14.9 Å². The highest BCUT2D eigenvalue weighted by Gasteiger charge is 2.28. The second kappa shape index (κ2) is 8.08. The summed E-state index contributed by atoms with van der Waals surface area (Å²) in [6.07, 6.45) is 3.72. The van der Waals surface area contributed by atoms with Crippen LogP contribution in [-0.4, -0.2) is 31.5 Å². The predicted molar refractivity (Wildman–Crippen MR) is 102 cm³/mol. The molecule has 0 amide bonds. The van der Waals surface area contributed by atoms with Crippen molar-refractivity contribution in [1.29, 1.82) is 0 Å². The minimum Gasteiger partial charge on any atom is -0.480 e. The summed E-state index contributed by atoms with van der Waals surface area (Å²) in [6, 6.07) is 3.25. The van der Waals surface area contributed by atoms with Crippen LogP contribution in [-0.2, 0) is 10.0 Å². The summed E-state index contributed by atoms with van der Waals surface area (Å²) in [5, 5.41) is 10.7. The van der Waals surface area contributed by atoms with Crippen LogP contribution >= 0.6 is 23.2 Å². The van der Waals surface area contributed by atoms with Gasteiger partial charge in [0.05, 0.1) is 28.3 Å². The van der Waals surface area contributed by atoms with Gasteiger partial charge in [0.1, 0.15) is 10.6 Å². The number of halogens is 2. The summed E-state index contributed by atoms with van der Waals surface area (Å²) in [4.78, 5) is 14.0.